The smallest absolute Gasteiger partial charge is 0.150 e. The van der Waals surface area contributed by atoms with E-state index in [0.29, 0.717) is 11.7 Å². The number of carbonyl (C=O) groups excluding carboxylic acids is 1. The molecule has 1 aliphatic heterocycles. The van der Waals surface area contributed by atoms with Crippen molar-refractivity contribution in [1.82, 2.24) is 5.32 Å². The van der Waals surface area contributed by atoms with E-state index in [1.807, 2.05) is 0 Å². The fourth-order valence-electron chi connectivity index (χ4n) is 2.67. The molecular formula is C15H29NO. The number of rotatable bonds is 7. The van der Waals surface area contributed by atoms with Gasteiger partial charge >= 0.3 is 0 Å². The Morgan fingerprint density at radius 3 is 2.82 bits per heavy atom. The number of unbranched alkanes of at least 4 members (excludes halogenated alkanes) is 1. The van der Waals surface area contributed by atoms with Crippen molar-refractivity contribution in [2.45, 2.75) is 77.7 Å². The van der Waals surface area contributed by atoms with Gasteiger partial charge in [0, 0.05) is 6.42 Å². The first-order chi connectivity index (χ1) is 8.27. The Bertz CT molecular complexity index is 207. The van der Waals surface area contributed by atoms with E-state index in [0.717, 1.165) is 25.8 Å². The summed E-state index contributed by atoms with van der Waals surface area (Å²) in [4.78, 5) is 12.2. The highest BCUT2D eigenvalue weighted by molar-refractivity contribution is 5.84. The van der Waals surface area contributed by atoms with Gasteiger partial charge in [-0.3, -0.25) is 4.79 Å². The summed E-state index contributed by atoms with van der Waals surface area (Å²) in [6, 6.07) is 0.160. The van der Waals surface area contributed by atoms with Crippen molar-refractivity contribution in [3.05, 3.63) is 0 Å². The van der Waals surface area contributed by atoms with Gasteiger partial charge in [-0.2, -0.15) is 0 Å². The van der Waals surface area contributed by atoms with E-state index in [-0.39, 0.29) is 6.04 Å². The quantitative estimate of drug-likeness (QED) is 0.734. The maximum absolute atomic E-state index is 12.2. The van der Waals surface area contributed by atoms with Crippen molar-refractivity contribution in [3.8, 4) is 0 Å². The molecule has 1 N–H and O–H groups in total. The van der Waals surface area contributed by atoms with Gasteiger partial charge in [-0.15, -0.1) is 0 Å². The molecule has 0 aromatic carbocycles. The number of carbonyl (C=O) groups is 1. The summed E-state index contributed by atoms with van der Waals surface area (Å²) >= 11 is 0. The lowest BCUT2D eigenvalue weighted by molar-refractivity contribution is -0.122. The first-order valence-corrected chi connectivity index (χ1v) is 7.54. The molecule has 2 atom stereocenters. The fourth-order valence-corrected chi connectivity index (χ4v) is 2.67. The Labute approximate surface area is 107 Å². The normalized spacial score (nSPS) is 23.1. The Balaban J connectivity index is 2.34. The van der Waals surface area contributed by atoms with Gasteiger partial charge < -0.3 is 5.32 Å². The zero-order valence-corrected chi connectivity index (χ0v) is 11.6. The van der Waals surface area contributed by atoms with E-state index in [4.69, 9.17) is 0 Å². The minimum absolute atomic E-state index is 0.160. The lowest BCUT2D eigenvalue weighted by Crippen LogP contribution is -2.36. The molecule has 0 amide bonds. The lowest BCUT2D eigenvalue weighted by Gasteiger charge is -2.19. The number of hydrogen-bond donors (Lipinski definition) is 1. The lowest BCUT2D eigenvalue weighted by atomic mass is 9.90. The molecule has 1 rings (SSSR count). The maximum atomic E-state index is 12.2. The van der Waals surface area contributed by atoms with Crippen LogP contribution in [0.2, 0.25) is 0 Å². The molecule has 100 valence electrons. The Kier molecular flexibility index (Phi) is 7.50. The third-order valence-corrected chi connectivity index (χ3v) is 3.98. The Morgan fingerprint density at radius 1 is 1.29 bits per heavy atom. The summed E-state index contributed by atoms with van der Waals surface area (Å²) in [5, 5.41) is 3.42. The molecule has 2 unspecified atom stereocenters. The highest BCUT2D eigenvalue weighted by atomic mass is 16.1. The number of ketones is 1. The first-order valence-electron chi connectivity index (χ1n) is 7.54. The molecule has 0 bridgehead atoms. The highest BCUT2D eigenvalue weighted by Crippen LogP contribution is 2.19. The Hall–Kier alpha value is -0.370. The van der Waals surface area contributed by atoms with Gasteiger partial charge in [0.1, 0.15) is 5.78 Å². The van der Waals surface area contributed by atoms with Gasteiger partial charge in [0.15, 0.2) is 0 Å². The van der Waals surface area contributed by atoms with Crippen LogP contribution in [-0.4, -0.2) is 18.4 Å². The van der Waals surface area contributed by atoms with Crippen LogP contribution in [-0.2, 0) is 4.79 Å². The van der Waals surface area contributed by atoms with Gasteiger partial charge in [0.25, 0.3) is 0 Å². The van der Waals surface area contributed by atoms with E-state index < -0.39 is 0 Å². The molecule has 1 heterocycles. The van der Waals surface area contributed by atoms with Crippen LogP contribution < -0.4 is 5.32 Å². The second-order valence-corrected chi connectivity index (χ2v) is 5.44. The van der Waals surface area contributed by atoms with Gasteiger partial charge in [-0.1, -0.05) is 52.4 Å². The van der Waals surface area contributed by atoms with Crippen LogP contribution in [0, 0.1) is 5.92 Å². The Morgan fingerprint density at radius 2 is 2.12 bits per heavy atom. The van der Waals surface area contributed by atoms with Crippen LogP contribution in [0.1, 0.15) is 71.6 Å². The predicted octanol–water partition coefficient (Wildman–Crippen LogP) is 3.69. The average molecular weight is 239 g/mol. The van der Waals surface area contributed by atoms with Gasteiger partial charge in [-0.25, -0.2) is 0 Å². The molecule has 0 aromatic rings. The van der Waals surface area contributed by atoms with E-state index in [9.17, 15) is 4.79 Å². The zero-order chi connectivity index (χ0) is 12.5. The van der Waals surface area contributed by atoms with Crippen molar-refractivity contribution in [2.24, 2.45) is 5.92 Å². The molecule has 0 saturated carbocycles. The summed E-state index contributed by atoms with van der Waals surface area (Å²) in [6.45, 7) is 5.47. The molecule has 2 heteroatoms. The van der Waals surface area contributed by atoms with Gasteiger partial charge in [0.2, 0.25) is 0 Å². The third-order valence-electron chi connectivity index (χ3n) is 3.98. The van der Waals surface area contributed by atoms with E-state index in [2.05, 4.69) is 19.2 Å². The molecule has 17 heavy (non-hydrogen) atoms. The van der Waals surface area contributed by atoms with E-state index in [1.165, 1.54) is 38.5 Å². The van der Waals surface area contributed by atoms with Crippen LogP contribution in [0.3, 0.4) is 0 Å². The van der Waals surface area contributed by atoms with E-state index in [1.54, 1.807) is 0 Å². The van der Waals surface area contributed by atoms with E-state index >= 15 is 0 Å². The standard InChI is InChI=1S/C15H29NO/c1-3-5-9-13(4-2)12-15(17)14-10-7-6-8-11-16-14/h13-14,16H,3-12H2,1-2H3. The summed E-state index contributed by atoms with van der Waals surface area (Å²) in [5.74, 6) is 1.09. The summed E-state index contributed by atoms with van der Waals surface area (Å²) in [7, 11) is 0. The molecule has 1 aliphatic rings. The minimum Gasteiger partial charge on any atom is -0.307 e. The van der Waals surface area contributed by atoms with Crippen molar-refractivity contribution >= 4 is 5.78 Å². The highest BCUT2D eigenvalue weighted by Gasteiger charge is 2.21. The molecule has 1 fully saturated rings. The second kappa shape index (κ2) is 8.68. The van der Waals surface area contributed by atoms with Crippen LogP contribution >= 0.6 is 0 Å². The largest absolute Gasteiger partial charge is 0.307 e. The molecule has 0 spiro atoms. The third kappa shape index (κ3) is 5.67. The molecule has 0 aromatic heterocycles. The molecule has 0 radical (unpaired) electrons. The first kappa shape index (κ1) is 14.7. The monoisotopic (exact) mass is 239 g/mol. The average Bonchev–Trinajstić information content (AvgIpc) is 2.63. The maximum Gasteiger partial charge on any atom is 0.150 e. The van der Waals surface area contributed by atoms with Crippen molar-refractivity contribution in [2.75, 3.05) is 6.54 Å². The van der Waals surface area contributed by atoms with Crippen molar-refractivity contribution < 1.29 is 4.79 Å². The topological polar surface area (TPSA) is 29.1 Å². The van der Waals surface area contributed by atoms with Crippen LogP contribution in [0.15, 0.2) is 0 Å². The minimum atomic E-state index is 0.160. The SMILES string of the molecule is CCCCC(CC)CC(=O)C1CCCCCN1. The zero-order valence-electron chi connectivity index (χ0n) is 11.6. The number of Topliss-reactive ketones (excluding diaryl/α,β-unsaturated/α-hetero) is 1. The van der Waals surface area contributed by atoms with Crippen LogP contribution in [0.25, 0.3) is 0 Å². The summed E-state index contributed by atoms with van der Waals surface area (Å²) in [6.07, 6.45) is 10.5. The molecule has 1 saturated heterocycles. The number of hydrogen-bond acceptors (Lipinski definition) is 2. The summed E-state index contributed by atoms with van der Waals surface area (Å²) < 4.78 is 0. The van der Waals surface area contributed by atoms with Crippen molar-refractivity contribution in [1.29, 1.82) is 0 Å². The van der Waals surface area contributed by atoms with Gasteiger partial charge in [-0.05, 0) is 25.3 Å². The summed E-state index contributed by atoms with van der Waals surface area (Å²) in [5.41, 5.74) is 0. The van der Waals surface area contributed by atoms with Gasteiger partial charge in [0.05, 0.1) is 6.04 Å². The molecule has 0 aliphatic carbocycles. The molecule has 2 nitrogen and oxygen atoms in total. The van der Waals surface area contributed by atoms with Crippen molar-refractivity contribution in [3.63, 3.8) is 0 Å². The fraction of sp³-hybridized carbons (Fsp3) is 0.933. The second-order valence-electron chi connectivity index (χ2n) is 5.44. The molecular weight excluding hydrogens is 210 g/mol. The predicted molar refractivity (Wildman–Crippen MR) is 73.2 cm³/mol. The number of nitrogens with one attached hydrogen (secondary N) is 1. The van der Waals surface area contributed by atoms with Crippen LogP contribution in [0.4, 0.5) is 0 Å². The van der Waals surface area contributed by atoms with Crippen LogP contribution in [0.5, 0.6) is 0 Å².